The van der Waals surface area contributed by atoms with E-state index >= 15 is 0 Å². The standard InChI is InChI=1S/C17H24N2O2/c1-13-16(14(2)21-18-13)12-20-17-10-6-5-8-15(17)9-7-11-19(3)4/h5-6,8,10H,7,9,11-12H2,1-4H3. The number of hydrogen-bond donors (Lipinski definition) is 0. The fourth-order valence-corrected chi connectivity index (χ4v) is 2.29. The zero-order chi connectivity index (χ0) is 15.2. The monoisotopic (exact) mass is 288 g/mol. The predicted octanol–water partition coefficient (Wildman–Crippen LogP) is 3.36. The number of hydrogen-bond acceptors (Lipinski definition) is 4. The summed E-state index contributed by atoms with van der Waals surface area (Å²) >= 11 is 0. The Morgan fingerprint density at radius 2 is 1.95 bits per heavy atom. The van der Waals surface area contributed by atoms with E-state index in [1.165, 1.54) is 5.56 Å². The van der Waals surface area contributed by atoms with Crippen LogP contribution in [0.1, 0.15) is 29.0 Å². The molecule has 1 heterocycles. The summed E-state index contributed by atoms with van der Waals surface area (Å²) in [5.41, 5.74) is 3.20. The van der Waals surface area contributed by atoms with Gasteiger partial charge in [0.15, 0.2) is 0 Å². The lowest BCUT2D eigenvalue weighted by Gasteiger charge is -2.13. The second-order valence-corrected chi connectivity index (χ2v) is 5.61. The first-order valence-electron chi connectivity index (χ1n) is 7.35. The van der Waals surface area contributed by atoms with Gasteiger partial charge in [-0.05, 0) is 59.0 Å². The molecule has 1 aromatic heterocycles. The molecule has 0 bridgehead atoms. The molecule has 0 aliphatic carbocycles. The van der Waals surface area contributed by atoms with Gasteiger partial charge < -0.3 is 14.2 Å². The lowest BCUT2D eigenvalue weighted by atomic mass is 10.1. The molecule has 0 saturated carbocycles. The van der Waals surface area contributed by atoms with Gasteiger partial charge >= 0.3 is 0 Å². The van der Waals surface area contributed by atoms with Gasteiger partial charge in [-0.2, -0.15) is 0 Å². The third kappa shape index (κ3) is 4.33. The van der Waals surface area contributed by atoms with Crippen molar-refractivity contribution in [3.8, 4) is 5.75 Å². The van der Waals surface area contributed by atoms with E-state index in [0.29, 0.717) is 6.61 Å². The van der Waals surface area contributed by atoms with Crippen LogP contribution in [0.5, 0.6) is 5.75 Å². The summed E-state index contributed by atoms with van der Waals surface area (Å²) in [6.07, 6.45) is 2.15. The van der Waals surface area contributed by atoms with Gasteiger partial charge in [-0.1, -0.05) is 23.4 Å². The van der Waals surface area contributed by atoms with Crippen LogP contribution in [-0.2, 0) is 13.0 Å². The molecule has 4 heteroatoms. The molecule has 0 saturated heterocycles. The van der Waals surface area contributed by atoms with E-state index < -0.39 is 0 Å². The number of aromatic nitrogens is 1. The molecular formula is C17H24N2O2. The van der Waals surface area contributed by atoms with Gasteiger partial charge in [0.2, 0.25) is 0 Å². The highest BCUT2D eigenvalue weighted by molar-refractivity contribution is 5.34. The summed E-state index contributed by atoms with van der Waals surface area (Å²) < 4.78 is 11.2. The Morgan fingerprint density at radius 1 is 1.19 bits per heavy atom. The van der Waals surface area contributed by atoms with E-state index in [1.54, 1.807) is 0 Å². The summed E-state index contributed by atoms with van der Waals surface area (Å²) in [5.74, 6) is 1.79. The molecule has 0 atom stereocenters. The minimum absolute atomic E-state index is 0.506. The Morgan fingerprint density at radius 3 is 2.62 bits per heavy atom. The van der Waals surface area contributed by atoms with Gasteiger partial charge in [-0.15, -0.1) is 0 Å². The van der Waals surface area contributed by atoms with Gasteiger partial charge in [-0.3, -0.25) is 0 Å². The van der Waals surface area contributed by atoms with E-state index in [2.05, 4.69) is 36.3 Å². The number of nitrogens with zero attached hydrogens (tertiary/aromatic N) is 2. The van der Waals surface area contributed by atoms with Crippen LogP contribution in [0.4, 0.5) is 0 Å². The molecule has 0 fully saturated rings. The van der Waals surface area contributed by atoms with Crippen LogP contribution in [0, 0.1) is 13.8 Å². The molecule has 0 aliphatic rings. The molecular weight excluding hydrogens is 264 g/mol. The molecule has 2 rings (SSSR count). The molecule has 1 aromatic carbocycles. The minimum Gasteiger partial charge on any atom is -0.488 e. The highest BCUT2D eigenvalue weighted by Gasteiger charge is 2.11. The molecule has 21 heavy (non-hydrogen) atoms. The first kappa shape index (κ1) is 15.6. The van der Waals surface area contributed by atoms with Crippen LogP contribution in [0.2, 0.25) is 0 Å². The van der Waals surface area contributed by atoms with Crippen LogP contribution >= 0.6 is 0 Å². The number of ether oxygens (including phenoxy) is 1. The Kier molecular flexibility index (Phi) is 5.39. The molecule has 4 nitrogen and oxygen atoms in total. The fraction of sp³-hybridized carbons (Fsp3) is 0.471. The number of aryl methyl sites for hydroxylation is 3. The highest BCUT2D eigenvalue weighted by Crippen LogP contribution is 2.22. The van der Waals surface area contributed by atoms with E-state index in [9.17, 15) is 0 Å². The first-order valence-corrected chi connectivity index (χ1v) is 7.35. The van der Waals surface area contributed by atoms with Crippen molar-refractivity contribution >= 4 is 0 Å². The maximum absolute atomic E-state index is 5.99. The van der Waals surface area contributed by atoms with E-state index in [4.69, 9.17) is 9.26 Å². The molecule has 0 spiro atoms. The van der Waals surface area contributed by atoms with Crippen molar-refractivity contribution in [1.29, 1.82) is 0 Å². The average molecular weight is 288 g/mol. The second-order valence-electron chi connectivity index (χ2n) is 5.61. The van der Waals surface area contributed by atoms with Crippen molar-refractivity contribution in [2.24, 2.45) is 0 Å². The molecule has 0 N–H and O–H groups in total. The zero-order valence-electron chi connectivity index (χ0n) is 13.3. The summed E-state index contributed by atoms with van der Waals surface area (Å²) in [6.45, 7) is 5.45. The third-order valence-electron chi connectivity index (χ3n) is 3.58. The smallest absolute Gasteiger partial charge is 0.140 e. The van der Waals surface area contributed by atoms with Crippen molar-refractivity contribution in [3.05, 3.63) is 46.8 Å². The average Bonchev–Trinajstić information content (AvgIpc) is 2.77. The second kappa shape index (κ2) is 7.27. The minimum atomic E-state index is 0.506. The lowest BCUT2D eigenvalue weighted by Crippen LogP contribution is -2.13. The molecule has 0 amide bonds. The molecule has 0 radical (unpaired) electrons. The van der Waals surface area contributed by atoms with Gasteiger partial charge in [0, 0.05) is 0 Å². The summed E-state index contributed by atoms with van der Waals surface area (Å²) in [4.78, 5) is 2.20. The quantitative estimate of drug-likeness (QED) is 0.783. The Bertz CT molecular complexity index is 556. The topological polar surface area (TPSA) is 38.5 Å². The van der Waals surface area contributed by atoms with Crippen LogP contribution in [-0.4, -0.2) is 30.7 Å². The molecule has 0 unspecified atom stereocenters. The van der Waals surface area contributed by atoms with Crippen LogP contribution in [0.25, 0.3) is 0 Å². The maximum Gasteiger partial charge on any atom is 0.140 e. The predicted molar refractivity (Wildman–Crippen MR) is 83.6 cm³/mol. The number of rotatable bonds is 7. The number of para-hydroxylation sites is 1. The van der Waals surface area contributed by atoms with E-state index in [1.807, 2.05) is 26.0 Å². The Hall–Kier alpha value is -1.81. The van der Waals surface area contributed by atoms with Crippen molar-refractivity contribution in [2.45, 2.75) is 33.3 Å². The SMILES string of the molecule is Cc1noc(C)c1COc1ccccc1CCCN(C)C. The normalized spacial score (nSPS) is 11.1. The van der Waals surface area contributed by atoms with Crippen LogP contribution < -0.4 is 4.74 Å². The highest BCUT2D eigenvalue weighted by atomic mass is 16.5. The maximum atomic E-state index is 5.99. The van der Waals surface area contributed by atoms with Crippen LogP contribution in [0.15, 0.2) is 28.8 Å². The van der Waals surface area contributed by atoms with Gasteiger partial charge in [0.05, 0.1) is 11.3 Å². The number of benzene rings is 1. The molecule has 114 valence electrons. The van der Waals surface area contributed by atoms with E-state index in [0.717, 1.165) is 42.2 Å². The van der Waals surface area contributed by atoms with Crippen LogP contribution in [0.3, 0.4) is 0 Å². The first-order chi connectivity index (χ1) is 10.1. The van der Waals surface area contributed by atoms with E-state index in [-0.39, 0.29) is 0 Å². The van der Waals surface area contributed by atoms with Crippen molar-refractivity contribution in [2.75, 3.05) is 20.6 Å². The van der Waals surface area contributed by atoms with Gasteiger partial charge in [0.25, 0.3) is 0 Å². The Labute approximate surface area is 126 Å². The fourth-order valence-electron chi connectivity index (χ4n) is 2.29. The largest absolute Gasteiger partial charge is 0.488 e. The van der Waals surface area contributed by atoms with Gasteiger partial charge in [-0.25, -0.2) is 0 Å². The molecule has 2 aromatic rings. The van der Waals surface area contributed by atoms with Crippen molar-refractivity contribution in [1.82, 2.24) is 10.1 Å². The zero-order valence-corrected chi connectivity index (χ0v) is 13.3. The Balaban J connectivity index is 1.99. The summed E-state index contributed by atoms with van der Waals surface area (Å²) in [6, 6.07) is 8.24. The van der Waals surface area contributed by atoms with Gasteiger partial charge in [0.1, 0.15) is 18.1 Å². The summed E-state index contributed by atoms with van der Waals surface area (Å²) in [5, 5.41) is 3.96. The van der Waals surface area contributed by atoms with Crippen molar-refractivity contribution < 1.29 is 9.26 Å². The molecule has 0 aliphatic heterocycles. The lowest BCUT2D eigenvalue weighted by molar-refractivity contribution is 0.297. The third-order valence-corrected chi connectivity index (χ3v) is 3.58. The summed E-state index contributed by atoms with van der Waals surface area (Å²) in [7, 11) is 4.19. The van der Waals surface area contributed by atoms with Crippen molar-refractivity contribution in [3.63, 3.8) is 0 Å².